The highest BCUT2D eigenvalue weighted by molar-refractivity contribution is 5.47. The number of methoxy groups -OCH3 is 1. The van der Waals surface area contributed by atoms with E-state index >= 15 is 0 Å². The van der Waals surface area contributed by atoms with Gasteiger partial charge in [0.15, 0.2) is 17.2 Å². The summed E-state index contributed by atoms with van der Waals surface area (Å²) >= 11 is 0. The van der Waals surface area contributed by atoms with Gasteiger partial charge in [-0.25, -0.2) is 13.5 Å². The molecule has 1 atom stereocenters. The van der Waals surface area contributed by atoms with E-state index in [1.165, 1.54) is 18.3 Å². The van der Waals surface area contributed by atoms with Crippen molar-refractivity contribution in [2.45, 2.75) is 12.0 Å². The van der Waals surface area contributed by atoms with Crippen molar-refractivity contribution in [2.75, 3.05) is 20.3 Å². The lowest BCUT2D eigenvalue weighted by atomic mass is 10.0. The summed E-state index contributed by atoms with van der Waals surface area (Å²) in [5.74, 6) is -1.02. The Morgan fingerprint density at radius 2 is 2.00 bits per heavy atom. The highest BCUT2D eigenvalue weighted by atomic mass is 19.1. The zero-order chi connectivity index (χ0) is 17.4. The molecular weight excluding hydrogens is 334 g/mol. The van der Waals surface area contributed by atoms with Gasteiger partial charge in [-0.2, -0.15) is 5.10 Å². The van der Waals surface area contributed by atoms with Crippen molar-refractivity contribution in [1.82, 2.24) is 20.0 Å². The molecular formula is C16H14F2N4O3. The zero-order valence-electron chi connectivity index (χ0n) is 13.3. The van der Waals surface area contributed by atoms with Crippen molar-refractivity contribution in [3.8, 4) is 17.3 Å². The Hall–Kier alpha value is -2.65. The van der Waals surface area contributed by atoms with Crippen LogP contribution in [0.15, 0.2) is 34.9 Å². The van der Waals surface area contributed by atoms with Crippen molar-refractivity contribution in [3.05, 3.63) is 48.0 Å². The van der Waals surface area contributed by atoms with Gasteiger partial charge in [0.2, 0.25) is 0 Å². The molecule has 3 heterocycles. The number of hydrogen-bond acceptors (Lipinski definition) is 6. The molecule has 130 valence electrons. The first-order chi connectivity index (χ1) is 12.1. The maximum atomic E-state index is 13.9. The molecule has 1 aliphatic rings. The van der Waals surface area contributed by atoms with Gasteiger partial charge in [0.05, 0.1) is 13.2 Å². The first kappa shape index (κ1) is 15.9. The second-order valence-electron chi connectivity index (χ2n) is 5.63. The van der Waals surface area contributed by atoms with Crippen LogP contribution in [-0.2, 0) is 15.1 Å². The number of halogens is 2. The Morgan fingerprint density at radius 1 is 1.20 bits per heavy atom. The monoisotopic (exact) mass is 348 g/mol. The third-order valence-electron chi connectivity index (χ3n) is 4.17. The predicted molar refractivity (Wildman–Crippen MR) is 80.9 cm³/mol. The molecule has 0 amide bonds. The number of rotatable bonds is 4. The van der Waals surface area contributed by atoms with E-state index in [1.54, 1.807) is 7.11 Å². The number of nitrogens with zero attached hydrogens (tertiary/aromatic N) is 4. The summed E-state index contributed by atoms with van der Waals surface area (Å²) in [5, 5.41) is 12.1. The summed E-state index contributed by atoms with van der Waals surface area (Å²) in [5.41, 5.74) is -0.747. The molecule has 1 aromatic carbocycles. The molecule has 0 radical (unpaired) electrons. The number of ether oxygens (including phenoxy) is 2. The van der Waals surface area contributed by atoms with Crippen LogP contribution in [0.2, 0.25) is 0 Å². The van der Waals surface area contributed by atoms with Gasteiger partial charge in [0, 0.05) is 19.7 Å². The number of benzene rings is 1. The Bertz CT molecular complexity index is 882. The van der Waals surface area contributed by atoms with Gasteiger partial charge in [-0.1, -0.05) is 6.07 Å². The Morgan fingerprint density at radius 3 is 2.68 bits per heavy atom. The highest BCUT2D eigenvalue weighted by Crippen LogP contribution is 2.34. The van der Waals surface area contributed by atoms with E-state index in [2.05, 4.69) is 15.3 Å². The van der Waals surface area contributed by atoms with Crippen LogP contribution in [0.25, 0.3) is 17.3 Å². The normalized spacial score (nSPS) is 20.3. The molecule has 0 bridgehead atoms. The summed E-state index contributed by atoms with van der Waals surface area (Å²) in [6.07, 6.45) is 2.02. The molecule has 25 heavy (non-hydrogen) atoms. The van der Waals surface area contributed by atoms with Crippen LogP contribution < -0.4 is 0 Å². The van der Waals surface area contributed by atoms with Gasteiger partial charge in [0.1, 0.15) is 11.4 Å². The van der Waals surface area contributed by atoms with Gasteiger partial charge in [-0.3, -0.25) is 0 Å². The van der Waals surface area contributed by atoms with Crippen molar-refractivity contribution in [3.63, 3.8) is 0 Å². The lowest BCUT2D eigenvalue weighted by Gasteiger charge is -2.20. The minimum atomic E-state index is -0.772. The molecule has 7 nitrogen and oxygen atoms in total. The third kappa shape index (κ3) is 2.61. The van der Waals surface area contributed by atoms with Gasteiger partial charge < -0.3 is 13.9 Å². The van der Waals surface area contributed by atoms with E-state index in [0.29, 0.717) is 25.3 Å². The Kier molecular flexibility index (Phi) is 3.81. The fraction of sp³-hybridized carbons (Fsp3) is 0.312. The molecule has 4 rings (SSSR count). The minimum absolute atomic E-state index is 0.133. The molecule has 1 aliphatic heterocycles. The van der Waals surface area contributed by atoms with Gasteiger partial charge in [0.25, 0.3) is 11.8 Å². The molecule has 0 N–H and O–H groups in total. The van der Waals surface area contributed by atoms with Crippen LogP contribution in [0.4, 0.5) is 8.78 Å². The fourth-order valence-corrected chi connectivity index (χ4v) is 2.74. The average molecular weight is 348 g/mol. The van der Waals surface area contributed by atoms with E-state index in [-0.39, 0.29) is 17.5 Å². The second-order valence-corrected chi connectivity index (χ2v) is 5.63. The smallest absolute Gasteiger partial charge is 0.268 e. The third-order valence-corrected chi connectivity index (χ3v) is 4.17. The van der Waals surface area contributed by atoms with E-state index in [1.807, 2.05) is 0 Å². The molecule has 1 unspecified atom stereocenters. The van der Waals surface area contributed by atoms with Crippen LogP contribution in [0.5, 0.6) is 0 Å². The van der Waals surface area contributed by atoms with Crippen LogP contribution in [0.1, 0.15) is 12.3 Å². The largest absolute Gasteiger partial charge is 0.416 e. The highest BCUT2D eigenvalue weighted by Gasteiger charge is 2.42. The van der Waals surface area contributed by atoms with Crippen molar-refractivity contribution >= 4 is 0 Å². The Labute approximate surface area is 141 Å². The SMILES string of the molecule is COC1(c2nnc(-c3ccn(-c4c(F)cccc4F)n3)o2)CCOC1. The molecule has 9 heteroatoms. The molecule has 0 saturated carbocycles. The predicted octanol–water partition coefficient (Wildman–Crippen LogP) is 2.46. The maximum Gasteiger partial charge on any atom is 0.268 e. The Balaban J connectivity index is 1.68. The fourth-order valence-electron chi connectivity index (χ4n) is 2.74. The van der Waals surface area contributed by atoms with Crippen LogP contribution in [-0.4, -0.2) is 40.3 Å². The van der Waals surface area contributed by atoms with Crippen molar-refractivity contribution in [1.29, 1.82) is 0 Å². The summed E-state index contributed by atoms with van der Waals surface area (Å²) in [6.45, 7) is 0.854. The number of aromatic nitrogens is 4. The summed E-state index contributed by atoms with van der Waals surface area (Å²) < 4.78 is 45.3. The lowest BCUT2D eigenvalue weighted by Crippen LogP contribution is -2.29. The molecule has 2 aromatic heterocycles. The molecule has 1 fully saturated rings. The molecule has 1 saturated heterocycles. The van der Waals surface area contributed by atoms with Crippen LogP contribution >= 0.6 is 0 Å². The first-order valence-electron chi connectivity index (χ1n) is 7.60. The van der Waals surface area contributed by atoms with E-state index in [0.717, 1.165) is 16.8 Å². The topological polar surface area (TPSA) is 75.2 Å². The van der Waals surface area contributed by atoms with Crippen molar-refractivity contribution in [2.24, 2.45) is 0 Å². The van der Waals surface area contributed by atoms with Crippen LogP contribution in [0, 0.1) is 11.6 Å². The lowest BCUT2D eigenvalue weighted by molar-refractivity contribution is -0.0407. The second kappa shape index (κ2) is 6.01. The maximum absolute atomic E-state index is 13.9. The van der Waals surface area contributed by atoms with Crippen molar-refractivity contribution < 1.29 is 22.7 Å². The number of para-hydroxylation sites is 1. The first-order valence-corrected chi connectivity index (χ1v) is 7.60. The minimum Gasteiger partial charge on any atom is -0.416 e. The average Bonchev–Trinajstić information content (AvgIpc) is 3.34. The molecule has 0 aliphatic carbocycles. The van der Waals surface area contributed by atoms with Gasteiger partial charge in [-0.15, -0.1) is 10.2 Å². The molecule has 0 spiro atoms. The quantitative estimate of drug-likeness (QED) is 0.721. The zero-order valence-corrected chi connectivity index (χ0v) is 13.3. The van der Waals surface area contributed by atoms with E-state index in [9.17, 15) is 8.78 Å². The van der Waals surface area contributed by atoms with Gasteiger partial charge in [-0.05, 0) is 18.2 Å². The summed E-state index contributed by atoms with van der Waals surface area (Å²) in [4.78, 5) is 0. The summed E-state index contributed by atoms with van der Waals surface area (Å²) in [6, 6.07) is 5.14. The van der Waals surface area contributed by atoms with E-state index < -0.39 is 17.2 Å². The van der Waals surface area contributed by atoms with Crippen LogP contribution in [0.3, 0.4) is 0 Å². The van der Waals surface area contributed by atoms with Gasteiger partial charge >= 0.3 is 0 Å². The number of hydrogen-bond donors (Lipinski definition) is 0. The van der Waals surface area contributed by atoms with E-state index in [4.69, 9.17) is 13.9 Å². The molecule has 3 aromatic rings. The summed E-state index contributed by atoms with van der Waals surface area (Å²) in [7, 11) is 1.55. The standard InChI is InChI=1S/C16H14F2N4O3/c1-23-16(6-8-24-9-16)15-20-19-14(25-15)12-5-7-22(21-12)13-10(17)3-2-4-11(13)18/h2-5,7H,6,8-9H2,1H3.